The highest BCUT2D eigenvalue weighted by molar-refractivity contribution is 6.08. The zero-order valence-electron chi connectivity index (χ0n) is 14.8. The maximum absolute atomic E-state index is 12.9. The van der Waals surface area contributed by atoms with Crippen LogP contribution in [0.25, 0.3) is 10.9 Å². The number of carbonyl (C=O) groups excluding carboxylic acids is 2. The Balaban J connectivity index is 1.92. The number of Topliss-reactive ketones (excluding diaryl/α,β-unsaturated/α-hetero) is 1. The van der Waals surface area contributed by atoms with Crippen LogP contribution in [-0.2, 0) is 11.3 Å². The number of hydrogen-bond donors (Lipinski definition) is 0. The molecule has 0 radical (unpaired) electrons. The van der Waals surface area contributed by atoms with Crippen LogP contribution in [0.15, 0.2) is 30.5 Å². The molecule has 24 heavy (non-hydrogen) atoms. The van der Waals surface area contributed by atoms with Gasteiger partial charge < -0.3 is 9.47 Å². The van der Waals surface area contributed by atoms with Gasteiger partial charge in [0.15, 0.2) is 5.78 Å². The van der Waals surface area contributed by atoms with E-state index >= 15 is 0 Å². The molecule has 2 heterocycles. The standard InChI is InChI=1S/C20H26N2O2/c1-4-19(23)17-12-21(18-11-6-5-10-16(17)18)13-20(24)22-14(2)8-7-9-15(22)3/h5-6,10-12,14-15H,4,7-9,13H2,1-3H3/t14-,15-/m0/s1. The zero-order chi connectivity index (χ0) is 17.3. The first-order valence-electron chi connectivity index (χ1n) is 8.95. The molecule has 1 aliphatic heterocycles. The molecule has 0 unspecified atom stereocenters. The molecule has 1 aromatic heterocycles. The topological polar surface area (TPSA) is 42.3 Å². The first-order valence-corrected chi connectivity index (χ1v) is 8.95. The predicted molar refractivity (Wildman–Crippen MR) is 96.2 cm³/mol. The Bertz CT molecular complexity index is 752. The molecule has 1 aromatic carbocycles. The predicted octanol–water partition coefficient (Wildman–Crippen LogP) is 4.02. The molecule has 0 bridgehead atoms. The molecule has 1 fully saturated rings. The highest BCUT2D eigenvalue weighted by Gasteiger charge is 2.29. The van der Waals surface area contributed by atoms with Crippen LogP contribution in [0.3, 0.4) is 0 Å². The summed E-state index contributed by atoms with van der Waals surface area (Å²) in [5.74, 6) is 0.267. The number of fused-ring (bicyclic) bond motifs is 1. The Labute approximate surface area is 143 Å². The van der Waals surface area contributed by atoms with Crippen LogP contribution >= 0.6 is 0 Å². The molecule has 0 spiro atoms. The number of amides is 1. The zero-order valence-corrected chi connectivity index (χ0v) is 14.8. The van der Waals surface area contributed by atoms with Crippen molar-refractivity contribution in [3.63, 3.8) is 0 Å². The molecular weight excluding hydrogens is 300 g/mol. The van der Waals surface area contributed by atoms with Crippen LogP contribution in [0.4, 0.5) is 0 Å². The lowest BCUT2D eigenvalue weighted by atomic mass is 9.97. The van der Waals surface area contributed by atoms with Crippen molar-refractivity contribution in [2.24, 2.45) is 0 Å². The minimum atomic E-state index is 0.122. The van der Waals surface area contributed by atoms with Crippen LogP contribution in [-0.4, -0.2) is 33.2 Å². The van der Waals surface area contributed by atoms with E-state index in [1.165, 1.54) is 6.42 Å². The molecule has 128 valence electrons. The highest BCUT2D eigenvalue weighted by Crippen LogP contribution is 2.25. The summed E-state index contributed by atoms with van der Waals surface area (Å²) in [5.41, 5.74) is 1.68. The summed E-state index contributed by atoms with van der Waals surface area (Å²) < 4.78 is 1.94. The number of benzene rings is 1. The monoisotopic (exact) mass is 326 g/mol. The average Bonchev–Trinajstić information content (AvgIpc) is 2.93. The summed E-state index contributed by atoms with van der Waals surface area (Å²) in [6, 6.07) is 8.43. The largest absolute Gasteiger partial charge is 0.337 e. The van der Waals surface area contributed by atoms with Crippen molar-refractivity contribution >= 4 is 22.6 Å². The van der Waals surface area contributed by atoms with Crippen molar-refractivity contribution in [3.05, 3.63) is 36.0 Å². The first kappa shape index (κ1) is 16.7. The SMILES string of the molecule is CCC(=O)c1cn(CC(=O)N2[C@@H](C)CCC[C@@H]2C)c2ccccc12. The quantitative estimate of drug-likeness (QED) is 0.796. The van der Waals surface area contributed by atoms with Crippen molar-refractivity contribution in [2.45, 2.75) is 65.1 Å². The number of ketones is 1. The number of rotatable bonds is 4. The van der Waals surface area contributed by atoms with Gasteiger partial charge in [-0.25, -0.2) is 0 Å². The average molecular weight is 326 g/mol. The number of nitrogens with zero attached hydrogens (tertiary/aromatic N) is 2. The molecule has 2 atom stereocenters. The molecule has 1 saturated heterocycles. The van der Waals surface area contributed by atoms with Crippen molar-refractivity contribution < 1.29 is 9.59 Å². The Morgan fingerprint density at radius 3 is 2.46 bits per heavy atom. The summed E-state index contributed by atoms with van der Waals surface area (Å²) in [5, 5.41) is 0.942. The van der Waals surface area contributed by atoms with Crippen molar-refractivity contribution in [1.29, 1.82) is 0 Å². The van der Waals surface area contributed by atoms with Gasteiger partial charge in [0.1, 0.15) is 6.54 Å². The van der Waals surface area contributed by atoms with E-state index in [2.05, 4.69) is 13.8 Å². The van der Waals surface area contributed by atoms with Crippen LogP contribution in [0.1, 0.15) is 56.8 Å². The summed E-state index contributed by atoms with van der Waals surface area (Å²) in [6.07, 6.45) is 5.66. The molecule has 3 rings (SSSR count). The van der Waals surface area contributed by atoms with Crippen LogP contribution in [0.2, 0.25) is 0 Å². The maximum atomic E-state index is 12.9. The van der Waals surface area contributed by atoms with E-state index in [0.717, 1.165) is 29.3 Å². The maximum Gasteiger partial charge on any atom is 0.242 e. The van der Waals surface area contributed by atoms with Crippen LogP contribution < -0.4 is 0 Å². The normalized spacial score (nSPS) is 21.2. The lowest BCUT2D eigenvalue weighted by molar-refractivity contribution is -0.137. The van der Waals surface area contributed by atoms with E-state index in [0.29, 0.717) is 25.0 Å². The Morgan fingerprint density at radius 1 is 1.12 bits per heavy atom. The van der Waals surface area contributed by atoms with Gasteiger partial charge in [-0.05, 0) is 39.2 Å². The van der Waals surface area contributed by atoms with E-state index in [1.807, 2.05) is 46.9 Å². The summed E-state index contributed by atoms with van der Waals surface area (Å²) in [6.45, 7) is 6.43. The second kappa shape index (κ2) is 6.80. The molecular formula is C20H26N2O2. The Hall–Kier alpha value is -2.10. The third-order valence-corrected chi connectivity index (χ3v) is 5.20. The van der Waals surface area contributed by atoms with Gasteiger partial charge in [-0.3, -0.25) is 9.59 Å². The van der Waals surface area contributed by atoms with E-state index < -0.39 is 0 Å². The fourth-order valence-electron chi connectivity index (χ4n) is 3.93. The molecule has 0 saturated carbocycles. The van der Waals surface area contributed by atoms with Gasteiger partial charge in [-0.2, -0.15) is 0 Å². The van der Waals surface area contributed by atoms with Gasteiger partial charge in [0, 0.05) is 41.2 Å². The number of likely N-dealkylation sites (tertiary alicyclic amines) is 1. The molecule has 1 amide bonds. The van der Waals surface area contributed by atoms with Crippen LogP contribution in [0, 0.1) is 0 Å². The van der Waals surface area contributed by atoms with E-state index in [4.69, 9.17) is 0 Å². The molecule has 0 N–H and O–H groups in total. The van der Waals surface area contributed by atoms with Crippen molar-refractivity contribution in [1.82, 2.24) is 9.47 Å². The van der Waals surface area contributed by atoms with E-state index in [1.54, 1.807) is 0 Å². The highest BCUT2D eigenvalue weighted by atomic mass is 16.2. The second-order valence-electron chi connectivity index (χ2n) is 6.89. The fraction of sp³-hybridized carbons (Fsp3) is 0.500. The van der Waals surface area contributed by atoms with E-state index in [9.17, 15) is 9.59 Å². The van der Waals surface area contributed by atoms with Crippen molar-refractivity contribution in [2.75, 3.05) is 0 Å². The van der Waals surface area contributed by atoms with Crippen LogP contribution in [0.5, 0.6) is 0 Å². The smallest absolute Gasteiger partial charge is 0.242 e. The molecule has 1 aliphatic rings. The van der Waals surface area contributed by atoms with Gasteiger partial charge in [0.2, 0.25) is 5.91 Å². The fourth-order valence-corrected chi connectivity index (χ4v) is 3.93. The second-order valence-corrected chi connectivity index (χ2v) is 6.89. The third-order valence-electron chi connectivity index (χ3n) is 5.20. The number of piperidine rings is 1. The number of aromatic nitrogens is 1. The summed E-state index contributed by atoms with van der Waals surface area (Å²) in [4.78, 5) is 27.2. The van der Waals surface area contributed by atoms with Gasteiger partial charge >= 0.3 is 0 Å². The molecule has 0 aliphatic carbocycles. The Morgan fingerprint density at radius 2 is 1.79 bits per heavy atom. The van der Waals surface area contributed by atoms with Gasteiger partial charge in [0.25, 0.3) is 0 Å². The number of para-hydroxylation sites is 1. The van der Waals surface area contributed by atoms with Gasteiger partial charge in [0.05, 0.1) is 0 Å². The minimum Gasteiger partial charge on any atom is -0.337 e. The first-order chi connectivity index (χ1) is 11.5. The molecule has 4 heteroatoms. The molecule has 2 aromatic rings. The summed E-state index contributed by atoms with van der Waals surface area (Å²) >= 11 is 0. The lowest BCUT2D eigenvalue weighted by Crippen LogP contribution is -2.48. The Kier molecular flexibility index (Phi) is 4.74. The van der Waals surface area contributed by atoms with Crippen molar-refractivity contribution in [3.8, 4) is 0 Å². The number of carbonyl (C=O) groups is 2. The van der Waals surface area contributed by atoms with Gasteiger partial charge in [-0.1, -0.05) is 25.1 Å². The lowest BCUT2D eigenvalue weighted by Gasteiger charge is -2.39. The minimum absolute atomic E-state index is 0.122. The summed E-state index contributed by atoms with van der Waals surface area (Å²) in [7, 11) is 0. The van der Waals surface area contributed by atoms with E-state index in [-0.39, 0.29) is 11.7 Å². The van der Waals surface area contributed by atoms with Gasteiger partial charge in [-0.15, -0.1) is 0 Å². The third kappa shape index (κ3) is 2.97. The number of hydrogen-bond acceptors (Lipinski definition) is 2. The molecule has 4 nitrogen and oxygen atoms in total.